The molecule has 8 nitrogen and oxygen atoms in total. The summed E-state index contributed by atoms with van der Waals surface area (Å²) in [6.45, 7) is 4.64. The fourth-order valence-corrected chi connectivity index (χ4v) is 7.23. The van der Waals surface area contributed by atoms with Gasteiger partial charge >= 0.3 is 12.1 Å². The predicted molar refractivity (Wildman–Crippen MR) is 188 cm³/mol. The van der Waals surface area contributed by atoms with Crippen LogP contribution in [0.25, 0.3) is 11.1 Å². The molecule has 286 valence electrons. The first-order valence-electron chi connectivity index (χ1n) is 17.2. The standard InChI is InChI=1S/C39H36ClF6N3O5/c1-4-53-34(51)15-31-28-12-24(9-21(3)36(28)43)35-20(2)10-25(40)13-32(35)54-19-22-5-6-30(42)27(11-22)37(38(52)47-31)49-16-23(7-8-48-17-26(41)18-48)29(14-33(49)50)39(44,45)46/h5-6,9-14,16,26,31,37H,4,7-8,15,17-19H2,1-3H3,(H,47,52)/t31-,37-/m0/s1. The summed E-state index contributed by atoms with van der Waals surface area (Å²) in [5.74, 6) is -3.43. The Hall–Kier alpha value is -4.82. The molecule has 2 aliphatic rings. The summed E-state index contributed by atoms with van der Waals surface area (Å²) in [7, 11) is 0. The molecule has 54 heavy (non-hydrogen) atoms. The van der Waals surface area contributed by atoms with E-state index in [4.69, 9.17) is 21.1 Å². The van der Waals surface area contributed by atoms with Gasteiger partial charge in [-0.05, 0) is 91.4 Å². The highest BCUT2D eigenvalue weighted by molar-refractivity contribution is 6.31. The molecule has 0 saturated carbocycles. The Kier molecular flexibility index (Phi) is 11.2. The van der Waals surface area contributed by atoms with Gasteiger partial charge in [-0.3, -0.25) is 23.9 Å². The summed E-state index contributed by atoms with van der Waals surface area (Å²) in [4.78, 5) is 42.7. The minimum absolute atomic E-state index is 0.0152. The maximum Gasteiger partial charge on any atom is 0.416 e. The molecule has 1 N–H and O–H groups in total. The van der Waals surface area contributed by atoms with Crippen LogP contribution in [0.2, 0.25) is 5.02 Å². The molecule has 2 atom stereocenters. The van der Waals surface area contributed by atoms with Gasteiger partial charge in [-0.15, -0.1) is 0 Å². The van der Waals surface area contributed by atoms with Crippen LogP contribution < -0.4 is 15.6 Å². The number of carbonyl (C=O) groups excluding carboxylic acids is 2. The zero-order valence-electron chi connectivity index (χ0n) is 29.5. The molecular weight excluding hydrogens is 740 g/mol. The molecule has 1 aromatic heterocycles. The van der Waals surface area contributed by atoms with E-state index in [1.165, 1.54) is 25.1 Å². The van der Waals surface area contributed by atoms with Crippen molar-refractivity contribution in [2.75, 3.05) is 26.2 Å². The van der Waals surface area contributed by atoms with Crippen molar-refractivity contribution in [3.8, 4) is 16.9 Å². The third kappa shape index (κ3) is 8.14. The fourth-order valence-electron chi connectivity index (χ4n) is 6.96. The zero-order chi connectivity index (χ0) is 39.1. The lowest BCUT2D eigenvalue weighted by atomic mass is 9.91. The van der Waals surface area contributed by atoms with Gasteiger partial charge in [0, 0.05) is 53.6 Å². The van der Waals surface area contributed by atoms with Crippen LogP contribution in [-0.4, -0.2) is 53.8 Å². The lowest BCUT2D eigenvalue weighted by Crippen LogP contribution is -2.49. The number of hydrogen-bond donors (Lipinski definition) is 1. The number of alkyl halides is 4. The maximum absolute atomic E-state index is 16.2. The van der Waals surface area contributed by atoms with Crippen LogP contribution in [0.5, 0.6) is 5.75 Å². The second-order valence-corrected chi connectivity index (χ2v) is 13.9. The number of carbonyl (C=O) groups is 2. The second kappa shape index (κ2) is 15.5. The fraction of sp³-hybridized carbons (Fsp3) is 0.359. The first-order valence-corrected chi connectivity index (χ1v) is 17.6. The van der Waals surface area contributed by atoms with Crippen molar-refractivity contribution in [1.29, 1.82) is 0 Å². The summed E-state index contributed by atoms with van der Waals surface area (Å²) < 4.78 is 100. The summed E-state index contributed by atoms with van der Waals surface area (Å²) in [6.07, 6.45) is -6.12. The molecule has 1 fully saturated rings. The van der Waals surface area contributed by atoms with Crippen molar-refractivity contribution in [3.05, 3.63) is 121 Å². The molecule has 2 aliphatic heterocycles. The Morgan fingerprint density at radius 2 is 1.76 bits per heavy atom. The molecule has 15 heteroatoms. The van der Waals surface area contributed by atoms with Gasteiger partial charge < -0.3 is 14.8 Å². The van der Waals surface area contributed by atoms with E-state index in [9.17, 15) is 31.9 Å². The second-order valence-electron chi connectivity index (χ2n) is 13.5. The number of fused-ring (bicyclic) bond motifs is 6. The van der Waals surface area contributed by atoms with Crippen LogP contribution in [0.4, 0.5) is 26.3 Å². The molecule has 3 aromatic carbocycles. The van der Waals surface area contributed by atoms with Gasteiger partial charge in [0.25, 0.3) is 5.56 Å². The number of esters is 1. The van der Waals surface area contributed by atoms with Gasteiger partial charge in [-0.25, -0.2) is 13.2 Å². The van der Waals surface area contributed by atoms with Crippen LogP contribution in [0.15, 0.2) is 59.5 Å². The number of halogens is 7. The zero-order valence-corrected chi connectivity index (χ0v) is 30.2. The number of rotatable bonds is 7. The largest absolute Gasteiger partial charge is 0.488 e. The van der Waals surface area contributed by atoms with Gasteiger partial charge in [0.15, 0.2) is 0 Å². The Morgan fingerprint density at radius 1 is 1.02 bits per heavy atom. The van der Waals surface area contributed by atoms with Crippen molar-refractivity contribution in [3.63, 3.8) is 0 Å². The van der Waals surface area contributed by atoms with E-state index < -0.39 is 76.6 Å². The number of ether oxygens (including phenoxy) is 2. The summed E-state index contributed by atoms with van der Waals surface area (Å²) >= 11 is 6.41. The average molecular weight is 776 g/mol. The van der Waals surface area contributed by atoms with Gasteiger partial charge in [-0.1, -0.05) is 17.7 Å². The highest BCUT2D eigenvalue weighted by Crippen LogP contribution is 2.40. The third-order valence-corrected chi connectivity index (χ3v) is 9.78. The number of pyridine rings is 1. The van der Waals surface area contributed by atoms with E-state index in [-0.39, 0.29) is 56.1 Å². The van der Waals surface area contributed by atoms with Crippen LogP contribution in [0.3, 0.4) is 0 Å². The van der Waals surface area contributed by atoms with Crippen LogP contribution in [-0.2, 0) is 33.5 Å². The lowest BCUT2D eigenvalue weighted by molar-refractivity contribution is -0.144. The van der Waals surface area contributed by atoms with E-state index >= 15 is 8.78 Å². The van der Waals surface area contributed by atoms with E-state index in [1.54, 1.807) is 36.9 Å². The molecule has 0 radical (unpaired) electrons. The van der Waals surface area contributed by atoms with Crippen molar-refractivity contribution >= 4 is 23.5 Å². The highest BCUT2D eigenvalue weighted by atomic mass is 35.5. The molecule has 0 unspecified atom stereocenters. The normalized spacial score (nSPS) is 17.9. The van der Waals surface area contributed by atoms with Gasteiger partial charge in [0.1, 0.15) is 36.2 Å². The molecule has 3 heterocycles. The molecule has 6 rings (SSSR count). The lowest BCUT2D eigenvalue weighted by Gasteiger charge is -2.34. The summed E-state index contributed by atoms with van der Waals surface area (Å²) in [5.41, 5.74) is -1.40. The van der Waals surface area contributed by atoms with Crippen molar-refractivity contribution in [1.82, 2.24) is 14.8 Å². The third-order valence-electron chi connectivity index (χ3n) is 9.56. The number of benzene rings is 3. The number of likely N-dealkylation sites (tertiary alicyclic amines) is 1. The molecule has 0 aliphatic carbocycles. The van der Waals surface area contributed by atoms with E-state index in [2.05, 4.69) is 5.32 Å². The van der Waals surface area contributed by atoms with Gasteiger partial charge in [0.2, 0.25) is 5.91 Å². The number of nitrogens with zero attached hydrogens (tertiary/aromatic N) is 2. The molecule has 4 aromatic rings. The van der Waals surface area contributed by atoms with Crippen molar-refractivity contribution in [2.45, 2.75) is 64.7 Å². The molecule has 4 bridgehead atoms. The number of nitrogens with one attached hydrogen (secondary N) is 1. The minimum atomic E-state index is -4.97. The average Bonchev–Trinajstić information content (AvgIpc) is 3.07. The Morgan fingerprint density at radius 3 is 2.44 bits per heavy atom. The molecule has 0 spiro atoms. The summed E-state index contributed by atoms with van der Waals surface area (Å²) in [6, 6.07) is 6.79. The first-order chi connectivity index (χ1) is 25.5. The smallest absolute Gasteiger partial charge is 0.416 e. The predicted octanol–water partition coefficient (Wildman–Crippen LogP) is 7.57. The minimum Gasteiger partial charge on any atom is -0.488 e. The van der Waals surface area contributed by atoms with Crippen molar-refractivity contribution in [2.24, 2.45) is 0 Å². The number of aryl methyl sites for hydroxylation is 2. The SMILES string of the molecule is CCOC(=O)C[C@@H]1NC(=O)[C@@H](n2cc(CCN3CC(F)C3)c(C(F)(F)F)cc2=O)c2cc(ccc2F)COc2cc(Cl)cc(C)c2-c2cc(C)c(F)c1c2. The van der Waals surface area contributed by atoms with Crippen LogP contribution in [0, 0.1) is 25.5 Å². The van der Waals surface area contributed by atoms with E-state index in [0.717, 1.165) is 12.3 Å². The molecular formula is C39H36ClF6N3O5. The molecule has 1 saturated heterocycles. The topological polar surface area (TPSA) is 89.9 Å². The van der Waals surface area contributed by atoms with Crippen LogP contribution >= 0.6 is 11.6 Å². The van der Waals surface area contributed by atoms with Gasteiger partial charge in [0.05, 0.1) is 24.6 Å². The Bertz CT molecular complexity index is 2170. The number of amides is 1. The van der Waals surface area contributed by atoms with Crippen molar-refractivity contribution < 1.29 is 45.4 Å². The Labute approximate surface area is 311 Å². The Balaban J connectivity index is 1.57. The van der Waals surface area contributed by atoms with Crippen LogP contribution in [0.1, 0.15) is 64.4 Å². The maximum atomic E-state index is 16.2. The van der Waals surface area contributed by atoms with Gasteiger partial charge in [-0.2, -0.15) is 13.2 Å². The first kappa shape index (κ1) is 38.9. The molecule has 1 amide bonds. The number of hydrogen-bond acceptors (Lipinski definition) is 6. The number of aromatic nitrogens is 1. The summed E-state index contributed by atoms with van der Waals surface area (Å²) in [5, 5.41) is 2.93. The van der Waals surface area contributed by atoms with E-state index in [1.807, 2.05) is 0 Å². The monoisotopic (exact) mass is 775 g/mol. The van der Waals surface area contributed by atoms with E-state index in [0.29, 0.717) is 37.9 Å². The quantitative estimate of drug-likeness (QED) is 0.154. The highest BCUT2D eigenvalue weighted by Gasteiger charge is 2.38.